The molecule has 0 aliphatic heterocycles. The Hall–Kier alpha value is -0.950. The van der Waals surface area contributed by atoms with Crippen molar-refractivity contribution in [3.63, 3.8) is 0 Å². The molecule has 0 aromatic heterocycles. The number of ether oxygens (including phenoxy) is 1. The van der Waals surface area contributed by atoms with Gasteiger partial charge in [-0.25, -0.2) is 12.7 Å². The minimum absolute atomic E-state index is 0.347. The lowest BCUT2D eigenvalue weighted by atomic mass is 10.1. The van der Waals surface area contributed by atoms with E-state index < -0.39 is 10.0 Å². The van der Waals surface area contributed by atoms with Crippen LogP contribution in [-0.4, -0.2) is 53.6 Å². The van der Waals surface area contributed by atoms with E-state index in [0.717, 1.165) is 24.9 Å². The summed E-state index contributed by atoms with van der Waals surface area (Å²) in [5, 5.41) is 3.10. The van der Waals surface area contributed by atoms with Gasteiger partial charge in [-0.05, 0) is 50.6 Å². The van der Waals surface area contributed by atoms with Gasteiger partial charge in [0.15, 0.2) is 0 Å². The van der Waals surface area contributed by atoms with Gasteiger partial charge in [-0.1, -0.05) is 12.1 Å². The number of benzene rings is 1. The maximum atomic E-state index is 12.4. The highest BCUT2D eigenvalue weighted by Crippen LogP contribution is 2.16. The molecule has 0 heterocycles. The zero-order valence-corrected chi connectivity index (χ0v) is 13.9. The minimum atomic E-state index is -3.40. The molecule has 0 unspecified atom stereocenters. The van der Waals surface area contributed by atoms with Gasteiger partial charge in [0, 0.05) is 27.3 Å². The third-order valence-electron chi connectivity index (χ3n) is 3.35. The SMILES string of the molecule is CNCCCc1ccc(S(=O)(=O)N(C)CCCOC)cc1. The Morgan fingerprint density at radius 3 is 2.43 bits per heavy atom. The van der Waals surface area contributed by atoms with Crippen LogP contribution in [0.2, 0.25) is 0 Å². The summed E-state index contributed by atoms with van der Waals surface area (Å²) >= 11 is 0. The fourth-order valence-electron chi connectivity index (χ4n) is 2.03. The maximum absolute atomic E-state index is 12.4. The standard InChI is InChI=1S/C15H26N2O3S/c1-16-11-4-6-14-7-9-15(10-8-14)21(18,19)17(2)12-5-13-20-3/h7-10,16H,4-6,11-13H2,1-3H3. The highest BCUT2D eigenvalue weighted by atomic mass is 32.2. The Labute approximate surface area is 128 Å². The maximum Gasteiger partial charge on any atom is 0.242 e. The second-order valence-electron chi connectivity index (χ2n) is 5.02. The zero-order chi connectivity index (χ0) is 15.7. The van der Waals surface area contributed by atoms with Crippen LogP contribution < -0.4 is 5.32 Å². The molecule has 0 radical (unpaired) electrons. The summed E-state index contributed by atoms with van der Waals surface area (Å²) < 4.78 is 31.1. The fourth-order valence-corrected chi connectivity index (χ4v) is 3.24. The first kappa shape index (κ1) is 18.1. The molecule has 0 fully saturated rings. The molecule has 6 heteroatoms. The minimum Gasteiger partial charge on any atom is -0.385 e. The zero-order valence-electron chi connectivity index (χ0n) is 13.1. The lowest BCUT2D eigenvalue weighted by molar-refractivity contribution is 0.189. The van der Waals surface area contributed by atoms with E-state index in [0.29, 0.717) is 24.5 Å². The molecular formula is C15H26N2O3S. The third-order valence-corrected chi connectivity index (χ3v) is 5.22. The van der Waals surface area contributed by atoms with Crippen LogP contribution in [0.25, 0.3) is 0 Å². The quantitative estimate of drug-likeness (QED) is 0.665. The van der Waals surface area contributed by atoms with Crippen molar-refractivity contribution in [2.75, 3.05) is 40.9 Å². The van der Waals surface area contributed by atoms with Crippen LogP contribution in [0.1, 0.15) is 18.4 Å². The van der Waals surface area contributed by atoms with Crippen LogP contribution in [0.4, 0.5) is 0 Å². The highest BCUT2D eigenvalue weighted by Gasteiger charge is 2.19. The molecule has 0 spiro atoms. The summed E-state index contributed by atoms with van der Waals surface area (Å²) in [6, 6.07) is 7.17. The summed E-state index contributed by atoms with van der Waals surface area (Å²) in [6.07, 6.45) is 2.68. The molecule has 1 N–H and O–H groups in total. The van der Waals surface area contributed by atoms with Gasteiger partial charge in [-0.3, -0.25) is 0 Å². The van der Waals surface area contributed by atoms with E-state index in [1.807, 2.05) is 19.2 Å². The van der Waals surface area contributed by atoms with Gasteiger partial charge in [-0.15, -0.1) is 0 Å². The van der Waals surface area contributed by atoms with Crippen molar-refractivity contribution in [2.45, 2.75) is 24.2 Å². The van der Waals surface area contributed by atoms with Crippen LogP contribution in [0, 0.1) is 0 Å². The Morgan fingerprint density at radius 1 is 1.19 bits per heavy atom. The second kappa shape index (κ2) is 9.15. The molecule has 0 aliphatic rings. The first-order valence-electron chi connectivity index (χ1n) is 7.21. The van der Waals surface area contributed by atoms with Crippen LogP contribution in [0.3, 0.4) is 0 Å². The van der Waals surface area contributed by atoms with Crippen LogP contribution >= 0.6 is 0 Å². The summed E-state index contributed by atoms with van der Waals surface area (Å²) in [5.41, 5.74) is 1.16. The molecule has 0 atom stereocenters. The van der Waals surface area contributed by atoms with Crippen molar-refractivity contribution in [3.8, 4) is 0 Å². The van der Waals surface area contributed by atoms with Gasteiger partial charge in [-0.2, -0.15) is 0 Å². The van der Waals surface area contributed by atoms with Crippen molar-refractivity contribution in [1.82, 2.24) is 9.62 Å². The molecule has 0 saturated carbocycles. The number of hydrogen-bond acceptors (Lipinski definition) is 4. The molecule has 5 nitrogen and oxygen atoms in total. The molecule has 1 rings (SSSR count). The molecular weight excluding hydrogens is 288 g/mol. The molecule has 0 aliphatic carbocycles. The molecule has 0 bridgehead atoms. The van der Waals surface area contributed by atoms with Crippen LogP contribution in [-0.2, 0) is 21.2 Å². The summed E-state index contributed by atoms with van der Waals surface area (Å²) in [4.78, 5) is 0.347. The number of aryl methyl sites for hydroxylation is 1. The van der Waals surface area contributed by atoms with E-state index >= 15 is 0 Å². The van der Waals surface area contributed by atoms with Gasteiger partial charge < -0.3 is 10.1 Å². The van der Waals surface area contributed by atoms with E-state index in [4.69, 9.17) is 4.74 Å². The van der Waals surface area contributed by atoms with Gasteiger partial charge in [0.2, 0.25) is 10.0 Å². The average molecular weight is 314 g/mol. The van der Waals surface area contributed by atoms with Crippen molar-refractivity contribution in [3.05, 3.63) is 29.8 Å². The number of sulfonamides is 1. The number of nitrogens with one attached hydrogen (secondary N) is 1. The van der Waals surface area contributed by atoms with E-state index in [-0.39, 0.29) is 0 Å². The first-order valence-corrected chi connectivity index (χ1v) is 8.65. The largest absolute Gasteiger partial charge is 0.385 e. The van der Waals surface area contributed by atoms with Crippen LogP contribution in [0.15, 0.2) is 29.2 Å². The normalized spacial score (nSPS) is 12.0. The molecule has 0 amide bonds. The number of methoxy groups -OCH3 is 1. The van der Waals surface area contributed by atoms with Gasteiger partial charge >= 0.3 is 0 Å². The molecule has 120 valence electrons. The fraction of sp³-hybridized carbons (Fsp3) is 0.600. The highest BCUT2D eigenvalue weighted by molar-refractivity contribution is 7.89. The predicted molar refractivity (Wildman–Crippen MR) is 85.0 cm³/mol. The van der Waals surface area contributed by atoms with E-state index in [9.17, 15) is 8.42 Å². The lowest BCUT2D eigenvalue weighted by Crippen LogP contribution is -2.28. The van der Waals surface area contributed by atoms with Crippen molar-refractivity contribution < 1.29 is 13.2 Å². The monoisotopic (exact) mass is 314 g/mol. The average Bonchev–Trinajstić information content (AvgIpc) is 2.48. The Kier molecular flexibility index (Phi) is 7.88. The van der Waals surface area contributed by atoms with Crippen molar-refractivity contribution in [1.29, 1.82) is 0 Å². The van der Waals surface area contributed by atoms with E-state index in [1.165, 1.54) is 4.31 Å². The van der Waals surface area contributed by atoms with Crippen molar-refractivity contribution >= 4 is 10.0 Å². The summed E-state index contributed by atoms with van der Waals surface area (Å²) in [5.74, 6) is 0. The Bertz CT molecular complexity index is 500. The smallest absolute Gasteiger partial charge is 0.242 e. The van der Waals surface area contributed by atoms with Crippen LogP contribution in [0.5, 0.6) is 0 Å². The van der Waals surface area contributed by atoms with E-state index in [2.05, 4.69) is 5.32 Å². The number of hydrogen-bond donors (Lipinski definition) is 1. The summed E-state index contributed by atoms with van der Waals surface area (Å²) in [6.45, 7) is 1.98. The molecule has 1 aromatic rings. The Morgan fingerprint density at radius 2 is 1.86 bits per heavy atom. The van der Waals surface area contributed by atoms with Crippen molar-refractivity contribution in [2.24, 2.45) is 0 Å². The number of nitrogens with zero attached hydrogens (tertiary/aromatic N) is 1. The predicted octanol–water partition coefficient (Wildman–Crippen LogP) is 1.50. The van der Waals surface area contributed by atoms with Gasteiger partial charge in [0.1, 0.15) is 0 Å². The third kappa shape index (κ3) is 5.74. The molecule has 1 aromatic carbocycles. The summed E-state index contributed by atoms with van der Waals surface area (Å²) in [7, 11) is 1.75. The van der Waals surface area contributed by atoms with Gasteiger partial charge in [0.25, 0.3) is 0 Å². The topological polar surface area (TPSA) is 58.6 Å². The molecule has 21 heavy (non-hydrogen) atoms. The first-order chi connectivity index (χ1) is 10.0. The lowest BCUT2D eigenvalue weighted by Gasteiger charge is -2.17. The molecule has 0 saturated heterocycles. The van der Waals surface area contributed by atoms with E-state index in [1.54, 1.807) is 26.3 Å². The van der Waals surface area contributed by atoms with Gasteiger partial charge in [0.05, 0.1) is 4.90 Å². The number of rotatable bonds is 10. The second-order valence-corrected chi connectivity index (χ2v) is 7.07. The Balaban J connectivity index is 2.66.